The Morgan fingerprint density at radius 3 is 2.30 bits per heavy atom. The van der Waals surface area contributed by atoms with Gasteiger partial charge in [-0.15, -0.1) is 0 Å². The van der Waals surface area contributed by atoms with Gasteiger partial charge < -0.3 is 15.5 Å². The van der Waals surface area contributed by atoms with Crippen LogP contribution in [0.3, 0.4) is 0 Å². The number of hydrogen-bond donors (Lipinski definition) is 2. The Balaban J connectivity index is 1.86. The van der Waals surface area contributed by atoms with Gasteiger partial charge in [0.2, 0.25) is 5.91 Å². The van der Waals surface area contributed by atoms with Crippen LogP contribution >= 0.6 is 0 Å². The standard InChI is InChI=1S/C18H27N3O2/c1-2-11-19-17(22)14-20-16-9-7-15(8-10-16)18(23)21-12-5-3-4-6-13-21/h7-10,20H,2-6,11-14H2,1H3,(H,19,22). The first-order chi connectivity index (χ1) is 11.2. The van der Waals surface area contributed by atoms with E-state index in [9.17, 15) is 9.59 Å². The Morgan fingerprint density at radius 1 is 1.04 bits per heavy atom. The molecule has 1 fully saturated rings. The number of nitrogens with zero attached hydrogens (tertiary/aromatic N) is 1. The molecular weight excluding hydrogens is 290 g/mol. The highest BCUT2D eigenvalue weighted by Crippen LogP contribution is 2.15. The maximum Gasteiger partial charge on any atom is 0.253 e. The smallest absolute Gasteiger partial charge is 0.253 e. The van der Waals surface area contributed by atoms with Crippen LogP contribution in [-0.2, 0) is 4.79 Å². The van der Waals surface area contributed by atoms with Crippen LogP contribution < -0.4 is 10.6 Å². The number of benzene rings is 1. The maximum atomic E-state index is 12.5. The molecule has 1 aromatic carbocycles. The van der Waals surface area contributed by atoms with Gasteiger partial charge in [-0.1, -0.05) is 19.8 Å². The number of anilines is 1. The third-order valence-electron chi connectivity index (χ3n) is 4.05. The molecule has 1 heterocycles. The summed E-state index contributed by atoms with van der Waals surface area (Å²) in [7, 11) is 0. The van der Waals surface area contributed by atoms with Crippen LogP contribution in [0.1, 0.15) is 49.4 Å². The van der Waals surface area contributed by atoms with E-state index in [0.717, 1.165) is 38.0 Å². The van der Waals surface area contributed by atoms with E-state index < -0.39 is 0 Å². The molecule has 0 saturated carbocycles. The summed E-state index contributed by atoms with van der Waals surface area (Å²) in [5, 5.41) is 5.89. The van der Waals surface area contributed by atoms with E-state index in [1.165, 1.54) is 12.8 Å². The SMILES string of the molecule is CCCNC(=O)CNc1ccc(C(=O)N2CCCCCC2)cc1. The maximum absolute atomic E-state index is 12.5. The van der Waals surface area contributed by atoms with Crippen LogP contribution in [0.4, 0.5) is 5.69 Å². The van der Waals surface area contributed by atoms with Crippen molar-refractivity contribution in [1.82, 2.24) is 10.2 Å². The lowest BCUT2D eigenvalue weighted by molar-refractivity contribution is -0.119. The summed E-state index contributed by atoms with van der Waals surface area (Å²) in [5.41, 5.74) is 1.57. The average Bonchev–Trinajstić information content (AvgIpc) is 2.87. The van der Waals surface area contributed by atoms with Gasteiger partial charge in [0.1, 0.15) is 0 Å². The summed E-state index contributed by atoms with van der Waals surface area (Å²) in [6, 6.07) is 7.38. The highest BCUT2D eigenvalue weighted by Gasteiger charge is 2.16. The third-order valence-corrected chi connectivity index (χ3v) is 4.05. The predicted octanol–water partition coefficient (Wildman–Crippen LogP) is 2.64. The summed E-state index contributed by atoms with van der Waals surface area (Å²) in [6.45, 7) is 4.68. The molecule has 0 bridgehead atoms. The van der Waals surface area contributed by atoms with Crippen LogP contribution in [0.15, 0.2) is 24.3 Å². The van der Waals surface area contributed by atoms with Gasteiger partial charge in [-0.2, -0.15) is 0 Å². The van der Waals surface area contributed by atoms with E-state index >= 15 is 0 Å². The molecule has 0 unspecified atom stereocenters. The first kappa shape index (κ1) is 17.3. The van der Waals surface area contributed by atoms with E-state index in [-0.39, 0.29) is 18.4 Å². The van der Waals surface area contributed by atoms with Crippen molar-refractivity contribution in [2.24, 2.45) is 0 Å². The number of rotatable bonds is 6. The second-order valence-corrected chi connectivity index (χ2v) is 5.99. The van der Waals surface area contributed by atoms with Crippen molar-refractivity contribution < 1.29 is 9.59 Å². The van der Waals surface area contributed by atoms with Crippen molar-refractivity contribution in [2.75, 3.05) is 31.5 Å². The molecule has 0 aliphatic carbocycles. The lowest BCUT2D eigenvalue weighted by Gasteiger charge is -2.20. The molecule has 0 aromatic heterocycles. The minimum Gasteiger partial charge on any atom is -0.376 e. The molecule has 2 N–H and O–H groups in total. The zero-order valence-corrected chi connectivity index (χ0v) is 13.9. The molecule has 5 heteroatoms. The zero-order valence-electron chi connectivity index (χ0n) is 13.9. The zero-order chi connectivity index (χ0) is 16.5. The van der Waals surface area contributed by atoms with E-state index in [2.05, 4.69) is 10.6 Å². The normalized spacial score (nSPS) is 14.9. The molecule has 0 atom stereocenters. The molecule has 2 rings (SSSR count). The van der Waals surface area contributed by atoms with Crippen LogP contribution in [-0.4, -0.2) is 42.9 Å². The summed E-state index contributed by atoms with van der Waals surface area (Å²) < 4.78 is 0. The Morgan fingerprint density at radius 2 is 1.70 bits per heavy atom. The topological polar surface area (TPSA) is 61.4 Å². The van der Waals surface area contributed by atoms with Gasteiger partial charge in [-0.25, -0.2) is 0 Å². The highest BCUT2D eigenvalue weighted by atomic mass is 16.2. The number of amides is 2. The first-order valence-electron chi connectivity index (χ1n) is 8.60. The van der Waals surface area contributed by atoms with Crippen LogP contribution in [0.25, 0.3) is 0 Å². The van der Waals surface area contributed by atoms with Crippen LogP contribution in [0.2, 0.25) is 0 Å². The Kier molecular flexibility index (Phi) is 6.91. The third kappa shape index (κ3) is 5.58. The Labute approximate surface area is 138 Å². The molecular formula is C18H27N3O2. The van der Waals surface area contributed by atoms with E-state index in [1.807, 2.05) is 36.1 Å². The van der Waals surface area contributed by atoms with Gasteiger partial charge in [0, 0.05) is 30.9 Å². The molecule has 126 valence electrons. The van der Waals surface area contributed by atoms with Crippen molar-refractivity contribution in [3.8, 4) is 0 Å². The quantitative estimate of drug-likeness (QED) is 0.848. The van der Waals surface area contributed by atoms with Gasteiger partial charge in [-0.05, 0) is 43.5 Å². The minimum absolute atomic E-state index is 0.0171. The molecule has 5 nitrogen and oxygen atoms in total. The number of likely N-dealkylation sites (tertiary alicyclic amines) is 1. The largest absolute Gasteiger partial charge is 0.376 e. The second kappa shape index (κ2) is 9.18. The number of carbonyl (C=O) groups excluding carboxylic acids is 2. The summed E-state index contributed by atoms with van der Waals surface area (Å²) in [6.07, 6.45) is 5.55. The Bertz CT molecular complexity index is 506. The monoisotopic (exact) mass is 317 g/mol. The van der Waals surface area contributed by atoms with Crippen LogP contribution in [0.5, 0.6) is 0 Å². The fraction of sp³-hybridized carbons (Fsp3) is 0.556. The summed E-state index contributed by atoms with van der Waals surface area (Å²) in [5.74, 6) is 0.0932. The van der Waals surface area contributed by atoms with Crippen molar-refractivity contribution in [2.45, 2.75) is 39.0 Å². The first-order valence-corrected chi connectivity index (χ1v) is 8.60. The molecule has 0 spiro atoms. The average molecular weight is 317 g/mol. The van der Waals surface area contributed by atoms with Crippen molar-refractivity contribution in [3.05, 3.63) is 29.8 Å². The van der Waals surface area contributed by atoms with Gasteiger partial charge in [0.05, 0.1) is 6.54 Å². The molecule has 1 saturated heterocycles. The molecule has 0 radical (unpaired) electrons. The number of carbonyl (C=O) groups is 2. The molecule has 23 heavy (non-hydrogen) atoms. The van der Waals surface area contributed by atoms with Gasteiger partial charge >= 0.3 is 0 Å². The molecule has 2 amide bonds. The van der Waals surface area contributed by atoms with Gasteiger partial charge in [-0.3, -0.25) is 9.59 Å². The van der Waals surface area contributed by atoms with Crippen LogP contribution in [0, 0.1) is 0 Å². The molecule has 1 aliphatic rings. The van der Waals surface area contributed by atoms with E-state index in [1.54, 1.807) is 0 Å². The predicted molar refractivity (Wildman–Crippen MR) is 92.6 cm³/mol. The van der Waals surface area contributed by atoms with E-state index in [4.69, 9.17) is 0 Å². The van der Waals surface area contributed by atoms with Gasteiger partial charge in [0.25, 0.3) is 5.91 Å². The number of nitrogens with one attached hydrogen (secondary N) is 2. The fourth-order valence-electron chi connectivity index (χ4n) is 2.70. The van der Waals surface area contributed by atoms with Crippen molar-refractivity contribution in [3.63, 3.8) is 0 Å². The summed E-state index contributed by atoms with van der Waals surface area (Å²) in [4.78, 5) is 26.0. The summed E-state index contributed by atoms with van der Waals surface area (Å²) >= 11 is 0. The Hall–Kier alpha value is -2.04. The molecule has 1 aliphatic heterocycles. The lowest BCUT2D eigenvalue weighted by Crippen LogP contribution is -2.32. The highest BCUT2D eigenvalue weighted by molar-refractivity contribution is 5.94. The van der Waals surface area contributed by atoms with Crippen molar-refractivity contribution in [1.29, 1.82) is 0 Å². The minimum atomic E-state index is -0.0171. The lowest BCUT2D eigenvalue weighted by atomic mass is 10.1. The van der Waals surface area contributed by atoms with Gasteiger partial charge in [0.15, 0.2) is 0 Å². The fourth-order valence-corrected chi connectivity index (χ4v) is 2.70. The number of hydrogen-bond acceptors (Lipinski definition) is 3. The van der Waals surface area contributed by atoms with E-state index in [0.29, 0.717) is 12.1 Å². The molecule has 1 aromatic rings. The van der Waals surface area contributed by atoms with Crippen molar-refractivity contribution >= 4 is 17.5 Å². The second-order valence-electron chi connectivity index (χ2n) is 5.99.